The molecule has 2 fully saturated rings. The van der Waals surface area contributed by atoms with Crippen LogP contribution in [0, 0.1) is 5.92 Å². The first-order valence-electron chi connectivity index (χ1n) is 7.70. The minimum Gasteiger partial charge on any atom is -0.357 e. The summed E-state index contributed by atoms with van der Waals surface area (Å²) in [6.45, 7) is 6.52. The Morgan fingerprint density at radius 3 is 2.25 bits per heavy atom. The van der Waals surface area contributed by atoms with Gasteiger partial charge in [0.2, 0.25) is 17.8 Å². The molecule has 0 radical (unpaired) electrons. The number of hydrogen-bond acceptors (Lipinski definition) is 6. The molecule has 20 heavy (non-hydrogen) atoms. The summed E-state index contributed by atoms with van der Waals surface area (Å²) in [5.74, 6) is 3.05. The van der Waals surface area contributed by atoms with Crippen LogP contribution in [0.1, 0.15) is 32.6 Å². The number of piperidine rings is 1. The zero-order valence-electron chi connectivity index (χ0n) is 12.5. The molecule has 1 atom stereocenters. The van der Waals surface area contributed by atoms with Crippen LogP contribution in [0.4, 0.5) is 17.8 Å². The van der Waals surface area contributed by atoms with Crippen LogP contribution in [0.3, 0.4) is 0 Å². The first-order valence-corrected chi connectivity index (χ1v) is 7.70. The third kappa shape index (κ3) is 2.78. The smallest absolute Gasteiger partial charge is 0.231 e. The molecule has 2 aliphatic heterocycles. The lowest BCUT2D eigenvalue weighted by Crippen LogP contribution is -2.36. The van der Waals surface area contributed by atoms with Crippen molar-refractivity contribution in [2.45, 2.75) is 32.6 Å². The zero-order chi connectivity index (χ0) is 13.9. The Bertz CT molecular complexity index is 457. The molecular formula is C14H24N6. The van der Waals surface area contributed by atoms with Gasteiger partial charge < -0.3 is 15.1 Å². The van der Waals surface area contributed by atoms with Crippen LogP contribution in [0.15, 0.2) is 0 Å². The van der Waals surface area contributed by atoms with Gasteiger partial charge in [-0.15, -0.1) is 0 Å². The molecule has 0 aromatic carbocycles. The second-order valence-corrected chi connectivity index (χ2v) is 5.90. The highest BCUT2D eigenvalue weighted by Gasteiger charge is 2.22. The van der Waals surface area contributed by atoms with Crippen molar-refractivity contribution in [1.29, 1.82) is 0 Å². The quantitative estimate of drug-likeness (QED) is 0.907. The van der Waals surface area contributed by atoms with Gasteiger partial charge in [0.05, 0.1) is 0 Å². The average Bonchev–Trinajstić information content (AvgIpc) is 3.01. The number of anilines is 3. The highest BCUT2D eigenvalue weighted by atomic mass is 15.4. The lowest BCUT2D eigenvalue weighted by molar-refractivity contribution is 0.442. The van der Waals surface area contributed by atoms with E-state index in [1.807, 2.05) is 7.05 Å². The molecule has 2 saturated heterocycles. The first-order chi connectivity index (χ1) is 9.76. The maximum absolute atomic E-state index is 4.71. The summed E-state index contributed by atoms with van der Waals surface area (Å²) in [5, 5.41) is 3.07. The first kappa shape index (κ1) is 13.4. The van der Waals surface area contributed by atoms with Gasteiger partial charge in [0.25, 0.3) is 0 Å². The molecule has 110 valence electrons. The third-order valence-electron chi connectivity index (χ3n) is 4.16. The minimum atomic E-state index is 0.676. The second-order valence-electron chi connectivity index (χ2n) is 5.90. The highest BCUT2D eigenvalue weighted by Crippen LogP contribution is 2.24. The Balaban J connectivity index is 1.87. The number of nitrogens with one attached hydrogen (secondary N) is 1. The Kier molecular flexibility index (Phi) is 3.89. The number of rotatable bonds is 3. The van der Waals surface area contributed by atoms with E-state index >= 15 is 0 Å². The van der Waals surface area contributed by atoms with E-state index in [2.05, 4.69) is 32.0 Å². The van der Waals surface area contributed by atoms with E-state index in [-0.39, 0.29) is 0 Å². The highest BCUT2D eigenvalue weighted by molar-refractivity contribution is 5.45. The fourth-order valence-corrected chi connectivity index (χ4v) is 3.04. The van der Waals surface area contributed by atoms with Crippen molar-refractivity contribution in [2.75, 3.05) is 48.3 Å². The van der Waals surface area contributed by atoms with Crippen molar-refractivity contribution in [3.8, 4) is 0 Å². The molecule has 0 saturated carbocycles. The van der Waals surface area contributed by atoms with Gasteiger partial charge >= 0.3 is 0 Å². The molecule has 1 aromatic heterocycles. The van der Waals surface area contributed by atoms with Crippen molar-refractivity contribution < 1.29 is 0 Å². The molecule has 0 aliphatic carbocycles. The Hall–Kier alpha value is -1.59. The monoisotopic (exact) mass is 276 g/mol. The molecule has 1 N–H and O–H groups in total. The van der Waals surface area contributed by atoms with E-state index in [1.165, 1.54) is 25.7 Å². The summed E-state index contributed by atoms with van der Waals surface area (Å²) >= 11 is 0. The van der Waals surface area contributed by atoms with E-state index in [1.54, 1.807) is 0 Å². The summed E-state index contributed by atoms with van der Waals surface area (Å²) in [5.41, 5.74) is 0. The maximum atomic E-state index is 4.71. The van der Waals surface area contributed by atoms with Crippen LogP contribution in [-0.4, -0.2) is 48.2 Å². The van der Waals surface area contributed by atoms with Gasteiger partial charge in [-0.1, -0.05) is 6.92 Å². The molecule has 2 aliphatic rings. The lowest BCUT2D eigenvalue weighted by Gasteiger charge is -2.31. The molecule has 1 unspecified atom stereocenters. The van der Waals surface area contributed by atoms with Crippen LogP contribution in [0.2, 0.25) is 0 Å². The van der Waals surface area contributed by atoms with E-state index in [4.69, 9.17) is 4.98 Å². The van der Waals surface area contributed by atoms with Crippen LogP contribution >= 0.6 is 0 Å². The predicted octanol–water partition coefficient (Wildman–Crippen LogP) is 1.75. The van der Waals surface area contributed by atoms with Crippen molar-refractivity contribution in [3.05, 3.63) is 0 Å². The summed E-state index contributed by atoms with van der Waals surface area (Å²) in [7, 11) is 1.87. The predicted molar refractivity (Wildman–Crippen MR) is 81.4 cm³/mol. The average molecular weight is 276 g/mol. The van der Waals surface area contributed by atoms with Crippen LogP contribution < -0.4 is 15.1 Å². The van der Waals surface area contributed by atoms with Crippen molar-refractivity contribution in [3.63, 3.8) is 0 Å². The van der Waals surface area contributed by atoms with Gasteiger partial charge in [-0.2, -0.15) is 15.0 Å². The molecule has 6 heteroatoms. The molecular weight excluding hydrogens is 252 g/mol. The van der Waals surface area contributed by atoms with Gasteiger partial charge in [0.1, 0.15) is 0 Å². The van der Waals surface area contributed by atoms with E-state index in [0.717, 1.165) is 38.1 Å². The largest absolute Gasteiger partial charge is 0.357 e. The Morgan fingerprint density at radius 2 is 1.60 bits per heavy atom. The minimum absolute atomic E-state index is 0.676. The zero-order valence-corrected chi connectivity index (χ0v) is 12.5. The maximum Gasteiger partial charge on any atom is 0.231 e. The van der Waals surface area contributed by atoms with Crippen molar-refractivity contribution in [1.82, 2.24) is 15.0 Å². The Labute approximate surface area is 120 Å². The van der Waals surface area contributed by atoms with Gasteiger partial charge in [-0.25, -0.2) is 0 Å². The van der Waals surface area contributed by atoms with Gasteiger partial charge in [0.15, 0.2) is 0 Å². The molecule has 1 aromatic rings. The van der Waals surface area contributed by atoms with Crippen LogP contribution in [0.5, 0.6) is 0 Å². The van der Waals surface area contributed by atoms with Crippen molar-refractivity contribution >= 4 is 17.8 Å². The molecule has 3 rings (SSSR count). The van der Waals surface area contributed by atoms with Gasteiger partial charge in [-0.05, 0) is 31.6 Å². The van der Waals surface area contributed by atoms with E-state index < -0.39 is 0 Å². The lowest BCUT2D eigenvalue weighted by atomic mass is 10.0. The normalized spacial score (nSPS) is 23.2. The SMILES string of the molecule is CNc1nc(N2CCCC2)nc(N2CCCC(C)C2)n1. The summed E-state index contributed by atoms with van der Waals surface area (Å²) < 4.78 is 0. The number of aromatic nitrogens is 3. The molecule has 3 heterocycles. The molecule has 0 bridgehead atoms. The van der Waals surface area contributed by atoms with Crippen molar-refractivity contribution in [2.24, 2.45) is 5.92 Å². The fraction of sp³-hybridized carbons (Fsp3) is 0.786. The van der Waals surface area contributed by atoms with E-state index in [0.29, 0.717) is 11.9 Å². The Morgan fingerprint density at radius 1 is 0.950 bits per heavy atom. The summed E-state index contributed by atoms with van der Waals surface area (Å²) in [6.07, 6.45) is 4.99. The fourth-order valence-electron chi connectivity index (χ4n) is 3.04. The molecule has 0 spiro atoms. The van der Waals surface area contributed by atoms with Crippen LogP contribution in [0.25, 0.3) is 0 Å². The van der Waals surface area contributed by atoms with Gasteiger partial charge in [-0.3, -0.25) is 0 Å². The summed E-state index contributed by atoms with van der Waals surface area (Å²) in [4.78, 5) is 18.3. The third-order valence-corrected chi connectivity index (χ3v) is 4.16. The molecule has 0 amide bonds. The standard InChI is InChI=1S/C14H24N6/c1-11-6-5-9-20(10-11)14-17-12(15-2)16-13(18-14)19-7-3-4-8-19/h11H,3-10H2,1-2H3,(H,15,16,17,18). The van der Waals surface area contributed by atoms with Crippen LogP contribution in [-0.2, 0) is 0 Å². The molecule has 6 nitrogen and oxygen atoms in total. The number of nitrogens with zero attached hydrogens (tertiary/aromatic N) is 5. The summed E-state index contributed by atoms with van der Waals surface area (Å²) in [6, 6.07) is 0. The van der Waals surface area contributed by atoms with E-state index in [9.17, 15) is 0 Å². The van der Waals surface area contributed by atoms with Gasteiger partial charge in [0, 0.05) is 33.2 Å². The number of hydrogen-bond donors (Lipinski definition) is 1. The topological polar surface area (TPSA) is 57.2 Å². The second kappa shape index (κ2) is 5.81.